The van der Waals surface area contributed by atoms with Crippen molar-refractivity contribution in [3.8, 4) is 0 Å². The quantitative estimate of drug-likeness (QED) is 0.305. The van der Waals surface area contributed by atoms with E-state index in [0.717, 1.165) is 5.69 Å². The molecule has 0 aromatic heterocycles. The number of amides is 1. The number of nitrogens with one attached hydrogen (secondary N) is 1. The van der Waals surface area contributed by atoms with Crippen LogP contribution in [0.3, 0.4) is 0 Å². The number of hydrogen-bond donors (Lipinski definition) is 1. The molecule has 0 aliphatic carbocycles. The molecule has 0 unspecified atom stereocenters. The Morgan fingerprint density at radius 2 is 1.07 bits per heavy atom. The van der Waals surface area contributed by atoms with Crippen LogP contribution in [-0.2, 0) is 4.79 Å². The number of hydrogen-bond acceptors (Lipinski definition) is 2. The van der Waals surface area contributed by atoms with E-state index in [1.54, 1.807) is 31.2 Å². The molecule has 0 saturated carbocycles. The van der Waals surface area contributed by atoms with Crippen molar-refractivity contribution in [2.75, 3.05) is 5.32 Å². The number of carbonyl (C=O) groups excluding carboxylic acids is 2. The van der Waals surface area contributed by atoms with Gasteiger partial charge in [0.25, 0.3) is 0 Å². The zero-order valence-electron chi connectivity index (χ0n) is 19.4. The minimum atomic E-state index is -0.0272. The third-order valence-electron chi connectivity index (χ3n) is 4.31. The average molecular weight is 392 g/mol. The van der Waals surface area contributed by atoms with Gasteiger partial charge in [-0.25, -0.2) is 0 Å². The van der Waals surface area contributed by atoms with E-state index in [1.165, 1.54) is 71.1 Å². The van der Waals surface area contributed by atoms with Crippen LogP contribution in [0.5, 0.6) is 0 Å². The molecular formula is C25H45NO2. The molecule has 0 aliphatic rings. The van der Waals surface area contributed by atoms with Crippen molar-refractivity contribution < 1.29 is 9.59 Å². The van der Waals surface area contributed by atoms with E-state index in [-0.39, 0.29) is 11.7 Å². The van der Waals surface area contributed by atoms with E-state index >= 15 is 0 Å². The molecule has 1 aromatic rings. The van der Waals surface area contributed by atoms with Crippen LogP contribution < -0.4 is 5.32 Å². The predicted octanol–water partition coefficient (Wildman–Crippen LogP) is 8.19. The van der Waals surface area contributed by atoms with E-state index in [1.807, 2.05) is 0 Å². The van der Waals surface area contributed by atoms with Crippen LogP contribution in [0.15, 0.2) is 24.3 Å². The SMILES string of the molecule is CCC(=O)Nc1ccc(C(C)=O)cc1.CCCCCCC.CCCCCCC. The van der Waals surface area contributed by atoms with Crippen molar-refractivity contribution >= 4 is 17.4 Å². The number of carbonyl (C=O) groups is 2. The number of benzene rings is 1. The second kappa shape index (κ2) is 21.7. The topological polar surface area (TPSA) is 46.2 Å². The predicted molar refractivity (Wildman–Crippen MR) is 124 cm³/mol. The second-order valence-corrected chi connectivity index (χ2v) is 7.16. The minimum absolute atomic E-state index is 0.0263. The van der Waals surface area contributed by atoms with Gasteiger partial charge in [-0.15, -0.1) is 0 Å². The summed E-state index contributed by atoms with van der Waals surface area (Å²) in [5, 5.41) is 2.71. The highest BCUT2D eigenvalue weighted by molar-refractivity contribution is 5.95. The van der Waals surface area contributed by atoms with Crippen LogP contribution in [0.4, 0.5) is 5.69 Å². The van der Waals surface area contributed by atoms with Gasteiger partial charge >= 0.3 is 0 Å². The van der Waals surface area contributed by atoms with Crippen LogP contribution >= 0.6 is 0 Å². The second-order valence-electron chi connectivity index (χ2n) is 7.16. The van der Waals surface area contributed by atoms with Gasteiger partial charge in [-0.1, -0.05) is 98.8 Å². The maximum Gasteiger partial charge on any atom is 0.224 e. The maximum atomic E-state index is 11.0. The highest BCUT2D eigenvalue weighted by Gasteiger charge is 2.00. The molecule has 0 atom stereocenters. The fraction of sp³-hybridized carbons (Fsp3) is 0.680. The van der Waals surface area contributed by atoms with E-state index in [0.29, 0.717) is 12.0 Å². The highest BCUT2D eigenvalue weighted by Crippen LogP contribution is 2.10. The number of anilines is 1. The lowest BCUT2D eigenvalue weighted by Gasteiger charge is -2.03. The molecule has 3 nitrogen and oxygen atoms in total. The molecule has 3 heteroatoms. The fourth-order valence-electron chi connectivity index (χ4n) is 2.39. The van der Waals surface area contributed by atoms with Crippen LogP contribution in [-0.4, -0.2) is 11.7 Å². The van der Waals surface area contributed by atoms with Crippen molar-refractivity contribution in [1.29, 1.82) is 0 Å². The lowest BCUT2D eigenvalue weighted by Crippen LogP contribution is -2.09. The molecule has 28 heavy (non-hydrogen) atoms. The normalized spacial score (nSPS) is 9.50. The van der Waals surface area contributed by atoms with Gasteiger partial charge in [-0.2, -0.15) is 0 Å². The molecule has 0 heterocycles. The zero-order valence-corrected chi connectivity index (χ0v) is 19.4. The van der Waals surface area contributed by atoms with Gasteiger partial charge in [0, 0.05) is 17.7 Å². The van der Waals surface area contributed by atoms with E-state index in [9.17, 15) is 9.59 Å². The lowest BCUT2D eigenvalue weighted by molar-refractivity contribution is -0.115. The molecule has 0 spiro atoms. The van der Waals surface area contributed by atoms with Crippen molar-refractivity contribution in [3.05, 3.63) is 29.8 Å². The van der Waals surface area contributed by atoms with Crippen LogP contribution in [0.1, 0.15) is 123 Å². The molecule has 1 rings (SSSR count). The summed E-state index contributed by atoms with van der Waals surface area (Å²) in [6, 6.07) is 6.86. The Hall–Kier alpha value is -1.64. The molecule has 162 valence electrons. The Bertz CT molecular complexity index is 462. The third kappa shape index (κ3) is 19.1. The lowest BCUT2D eigenvalue weighted by atomic mass is 10.1. The van der Waals surface area contributed by atoms with Gasteiger partial charge < -0.3 is 5.32 Å². The van der Waals surface area contributed by atoms with Crippen molar-refractivity contribution in [2.45, 2.75) is 112 Å². The largest absolute Gasteiger partial charge is 0.326 e. The van der Waals surface area contributed by atoms with Crippen LogP contribution in [0.25, 0.3) is 0 Å². The number of ketones is 1. The summed E-state index contributed by atoms with van der Waals surface area (Å²) < 4.78 is 0. The molecule has 0 radical (unpaired) electrons. The number of unbranched alkanes of at least 4 members (excludes halogenated alkanes) is 8. The summed E-state index contributed by atoms with van der Waals surface area (Å²) in [6.07, 6.45) is 14.5. The molecule has 0 fully saturated rings. The first-order chi connectivity index (χ1) is 13.5. The van der Waals surface area contributed by atoms with Gasteiger partial charge in [-0.3, -0.25) is 9.59 Å². The maximum absolute atomic E-state index is 11.0. The number of Topliss-reactive ketones (excluding diaryl/α,β-unsaturated/α-hetero) is 1. The smallest absolute Gasteiger partial charge is 0.224 e. The molecule has 1 aromatic carbocycles. The molecule has 0 aliphatic heterocycles. The minimum Gasteiger partial charge on any atom is -0.326 e. The van der Waals surface area contributed by atoms with Crippen LogP contribution in [0.2, 0.25) is 0 Å². The van der Waals surface area contributed by atoms with E-state index in [4.69, 9.17) is 0 Å². The number of rotatable bonds is 11. The molecular weight excluding hydrogens is 346 g/mol. The molecule has 0 saturated heterocycles. The molecule has 1 N–H and O–H groups in total. The summed E-state index contributed by atoms with van der Waals surface area (Å²) in [6.45, 7) is 12.3. The zero-order chi connectivity index (χ0) is 21.6. The average Bonchev–Trinajstić information content (AvgIpc) is 2.70. The summed E-state index contributed by atoms with van der Waals surface area (Å²) >= 11 is 0. The summed E-state index contributed by atoms with van der Waals surface area (Å²) in [4.78, 5) is 22.0. The van der Waals surface area contributed by atoms with Gasteiger partial charge in [0.2, 0.25) is 5.91 Å². The standard InChI is InChI=1S/C11H13NO2.2C7H16/c1-3-11(14)12-10-6-4-9(5-7-10)8(2)13;2*1-3-5-7-6-4-2/h4-7H,3H2,1-2H3,(H,12,14);2*3-7H2,1-2H3. The van der Waals surface area contributed by atoms with Gasteiger partial charge in [0.15, 0.2) is 5.78 Å². The van der Waals surface area contributed by atoms with Gasteiger partial charge in [0.1, 0.15) is 0 Å². The Balaban J connectivity index is 0. The summed E-state index contributed by atoms with van der Waals surface area (Å²) in [5.41, 5.74) is 1.38. The Kier molecular flexibility index (Phi) is 22.1. The first-order valence-corrected chi connectivity index (χ1v) is 11.4. The van der Waals surface area contributed by atoms with Crippen molar-refractivity contribution in [3.63, 3.8) is 0 Å². The summed E-state index contributed by atoms with van der Waals surface area (Å²) in [7, 11) is 0. The third-order valence-corrected chi connectivity index (χ3v) is 4.31. The summed E-state index contributed by atoms with van der Waals surface area (Å²) in [5.74, 6) is -0.000979. The van der Waals surface area contributed by atoms with Gasteiger partial charge in [-0.05, 0) is 31.2 Å². The Labute approximate surface area is 174 Å². The highest BCUT2D eigenvalue weighted by atomic mass is 16.1. The Morgan fingerprint density at radius 1 is 0.679 bits per heavy atom. The van der Waals surface area contributed by atoms with E-state index in [2.05, 4.69) is 33.0 Å². The molecule has 0 bridgehead atoms. The van der Waals surface area contributed by atoms with Crippen molar-refractivity contribution in [1.82, 2.24) is 0 Å². The monoisotopic (exact) mass is 391 g/mol. The van der Waals surface area contributed by atoms with Crippen molar-refractivity contribution in [2.24, 2.45) is 0 Å². The first-order valence-electron chi connectivity index (χ1n) is 11.4. The Morgan fingerprint density at radius 3 is 1.36 bits per heavy atom. The first kappa shape index (κ1) is 28.6. The fourth-order valence-corrected chi connectivity index (χ4v) is 2.39. The van der Waals surface area contributed by atoms with E-state index < -0.39 is 0 Å². The van der Waals surface area contributed by atoms with Gasteiger partial charge in [0.05, 0.1) is 0 Å². The van der Waals surface area contributed by atoms with Crippen LogP contribution in [0, 0.1) is 0 Å². The molecule has 1 amide bonds.